The van der Waals surface area contributed by atoms with E-state index in [0.717, 1.165) is 31.1 Å². The third kappa shape index (κ3) is 3.40. The van der Waals surface area contributed by atoms with Crippen LogP contribution in [0.5, 0.6) is 0 Å². The van der Waals surface area contributed by atoms with Crippen LogP contribution >= 0.6 is 0 Å². The maximum absolute atomic E-state index is 5.30. The Morgan fingerprint density at radius 3 is 2.65 bits per heavy atom. The van der Waals surface area contributed by atoms with Crippen LogP contribution in [0.3, 0.4) is 0 Å². The topological polar surface area (TPSA) is 44.5 Å². The molecular weight excluding hydrogens is 252 g/mol. The van der Waals surface area contributed by atoms with Gasteiger partial charge in [-0.2, -0.15) is 0 Å². The Kier molecular flexibility index (Phi) is 4.10. The molecule has 20 heavy (non-hydrogen) atoms. The van der Waals surface area contributed by atoms with Crippen LogP contribution in [0, 0.1) is 12.3 Å². The molecule has 3 heterocycles. The summed E-state index contributed by atoms with van der Waals surface area (Å²) in [6, 6.07) is 2.04. The summed E-state index contributed by atoms with van der Waals surface area (Å²) in [5.74, 6) is 0.989. The lowest BCUT2D eigenvalue weighted by Gasteiger charge is -2.38. The maximum atomic E-state index is 5.30. The number of nitrogens with one attached hydrogen (secondary N) is 1. The van der Waals surface area contributed by atoms with Crippen molar-refractivity contribution in [3.8, 4) is 0 Å². The summed E-state index contributed by atoms with van der Waals surface area (Å²) in [7, 11) is 0. The lowest BCUT2D eigenvalue weighted by Crippen LogP contribution is -2.49. The van der Waals surface area contributed by atoms with Crippen LogP contribution in [-0.2, 0) is 6.54 Å². The van der Waals surface area contributed by atoms with Gasteiger partial charge in [0.1, 0.15) is 0 Å². The van der Waals surface area contributed by atoms with Gasteiger partial charge < -0.3 is 14.7 Å². The molecule has 112 valence electrons. The Balaban J connectivity index is 1.45. The maximum Gasteiger partial charge on any atom is 0.150 e. The molecule has 1 atom stereocenters. The summed E-state index contributed by atoms with van der Waals surface area (Å²) in [5.41, 5.74) is 1.45. The van der Waals surface area contributed by atoms with Gasteiger partial charge in [-0.15, -0.1) is 0 Å². The number of aryl methyl sites for hydroxylation is 1. The Morgan fingerprint density at radius 2 is 2.05 bits per heavy atom. The highest BCUT2D eigenvalue weighted by molar-refractivity contribution is 5.03. The fraction of sp³-hybridized carbons (Fsp3) is 0.800. The first-order valence-electron chi connectivity index (χ1n) is 7.71. The van der Waals surface area contributed by atoms with E-state index in [1.807, 2.05) is 13.0 Å². The summed E-state index contributed by atoms with van der Waals surface area (Å²) in [4.78, 5) is 5.08. The molecule has 1 N–H and O–H groups in total. The predicted octanol–water partition coefficient (Wildman–Crippen LogP) is 1.10. The molecule has 3 rings (SSSR count). The molecule has 0 amide bonds. The number of aromatic nitrogens is 1. The second kappa shape index (κ2) is 5.84. The summed E-state index contributed by atoms with van der Waals surface area (Å²) in [5, 5.41) is 7.45. The van der Waals surface area contributed by atoms with Crippen molar-refractivity contribution in [2.24, 2.45) is 5.41 Å². The van der Waals surface area contributed by atoms with Crippen molar-refractivity contribution in [3.63, 3.8) is 0 Å². The molecular formula is C15H26N4O. The van der Waals surface area contributed by atoms with E-state index >= 15 is 0 Å². The first-order valence-corrected chi connectivity index (χ1v) is 7.71. The van der Waals surface area contributed by atoms with Gasteiger partial charge in [-0.1, -0.05) is 12.1 Å². The van der Waals surface area contributed by atoms with Gasteiger partial charge in [-0.25, -0.2) is 0 Å². The molecule has 0 radical (unpaired) electrons. The first-order chi connectivity index (χ1) is 9.63. The minimum Gasteiger partial charge on any atom is -0.360 e. The van der Waals surface area contributed by atoms with Gasteiger partial charge in [-0.3, -0.25) is 4.90 Å². The van der Waals surface area contributed by atoms with Crippen molar-refractivity contribution < 1.29 is 4.52 Å². The Labute approximate surface area is 121 Å². The van der Waals surface area contributed by atoms with E-state index in [0.29, 0.717) is 5.41 Å². The molecule has 1 unspecified atom stereocenters. The fourth-order valence-corrected chi connectivity index (χ4v) is 3.36. The molecule has 0 aromatic carbocycles. The molecule has 0 aliphatic carbocycles. The fourth-order valence-electron chi connectivity index (χ4n) is 3.36. The number of piperazine rings is 1. The molecule has 5 heteroatoms. The normalized spacial score (nSPS) is 29.1. The Hall–Kier alpha value is -0.910. The van der Waals surface area contributed by atoms with E-state index in [9.17, 15) is 0 Å². The average molecular weight is 278 g/mol. The summed E-state index contributed by atoms with van der Waals surface area (Å²) in [6.45, 7) is 13.5. The van der Waals surface area contributed by atoms with Crippen LogP contribution < -0.4 is 5.32 Å². The molecule has 2 aliphatic rings. The van der Waals surface area contributed by atoms with Crippen molar-refractivity contribution in [1.82, 2.24) is 20.3 Å². The van der Waals surface area contributed by atoms with Gasteiger partial charge in [-0.05, 0) is 25.3 Å². The average Bonchev–Trinajstić information content (AvgIpc) is 3.01. The van der Waals surface area contributed by atoms with Crippen molar-refractivity contribution >= 4 is 0 Å². The van der Waals surface area contributed by atoms with Crippen molar-refractivity contribution in [2.45, 2.75) is 26.8 Å². The Morgan fingerprint density at radius 1 is 1.30 bits per heavy atom. The van der Waals surface area contributed by atoms with E-state index in [1.165, 1.54) is 39.1 Å². The molecule has 2 aliphatic heterocycles. The standard InChI is InChI=1S/C15H26N4O/c1-13-9-14(20-17-13)10-18-5-7-19(8-6-18)12-15(2)3-4-16-11-15/h9,16H,3-8,10-12H2,1-2H3. The van der Waals surface area contributed by atoms with Crippen LogP contribution in [0.4, 0.5) is 0 Å². The summed E-state index contributed by atoms with van der Waals surface area (Å²) in [6.07, 6.45) is 1.31. The molecule has 1 aromatic heterocycles. The van der Waals surface area contributed by atoms with Crippen molar-refractivity contribution in [2.75, 3.05) is 45.8 Å². The second-order valence-corrected chi connectivity index (χ2v) is 6.72. The van der Waals surface area contributed by atoms with E-state index in [1.54, 1.807) is 0 Å². The monoisotopic (exact) mass is 278 g/mol. The molecule has 0 saturated carbocycles. The molecule has 2 fully saturated rings. The lowest BCUT2D eigenvalue weighted by molar-refractivity contribution is 0.0880. The second-order valence-electron chi connectivity index (χ2n) is 6.72. The molecule has 0 bridgehead atoms. The molecule has 5 nitrogen and oxygen atoms in total. The van der Waals surface area contributed by atoms with Crippen LogP contribution in [0.1, 0.15) is 24.8 Å². The highest BCUT2D eigenvalue weighted by Gasteiger charge is 2.31. The zero-order chi connectivity index (χ0) is 14.0. The van der Waals surface area contributed by atoms with E-state index in [-0.39, 0.29) is 0 Å². The minimum absolute atomic E-state index is 0.476. The van der Waals surface area contributed by atoms with E-state index in [4.69, 9.17) is 4.52 Å². The zero-order valence-electron chi connectivity index (χ0n) is 12.7. The van der Waals surface area contributed by atoms with Crippen molar-refractivity contribution in [1.29, 1.82) is 0 Å². The van der Waals surface area contributed by atoms with Gasteiger partial charge >= 0.3 is 0 Å². The smallest absolute Gasteiger partial charge is 0.150 e. The largest absolute Gasteiger partial charge is 0.360 e. The van der Waals surface area contributed by atoms with Crippen molar-refractivity contribution in [3.05, 3.63) is 17.5 Å². The van der Waals surface area contributed by atoms with Gasteiger partial charge in [0.2, 0.25) is 0 Å². The van der Waals surface area contributed by atoms with Gasteiger partial charge in [0.15, 0.2) is 5.76 Å². The summed E-state index contributed by atoms with van der Waals surface area (Å²) < 4.78 is 5.30. The van der Waals surface area contributed by atoms with Crippen LogP contribution in [0.25, 0.3) is 0 Å². The Bertz CT molecular complexity index is 431. The predicted molar refractivity (Wildman–Crippen MR) is 78.6 cm³/mol. The van der Waals surface area contributed by atoms with E-state index in [2.05, 4.69) is 27.2 Å². The highest BCUT2D eigenvalue weighted by atomic mass is 16.5. The number of hydrogen-bond acceptors (Lipinski definition) is 5. The third-order valence-corrected chi connectivity index (χ3v) is 4.58. The van der Waals surface area contributed by atoms with E-state index < -0.39 is 0 Å². The van der Waals surface area contributed by atoms with Gasteiger partial charge in [0.05, 0.1) is 12.2 Å². The summed E-state index contributed by atoms with van der Waals surface area (Å²) >= 11 is 0. The SMILES string of the molecule is Cc1cc(CN2CCN(CC3(C)CCNC3)CC2)on1. The zero-order valence-corrected chi connectivity index (χ0v) is 12.7. The van der Waals surface area contributed by atoms with Crippen LogP contribution in [0.2, 0.25) is 0 Å². The highest BCUT2D eigenvalue weighted by Crippen LogP contribution is 2.26. The number of hydrogen-bond donors (Lipinski definition) is 1. The molecule has 1 aromatic rings. The molecule has 2 saturated heterocycles. The first kappa shape index (κ1) is 14.0. The third-order valence-electron chi connectivity index (χ3n) is 4.58. The molecule has 0 spiro atoms. The lowest BCUT2D eigenvalue weighted by atomic mass is 9.89. The van der Waals surface area contributed by atoms with Crippen LogP contribution in [0.15, 0.2) is 10.6 Å². The number of nitrogens with zero attached hydrogens (tertiary/aromatic N) is 3. The van der Waals surface area contributed by atoms with Gasteiger partial charge in [0.25, 0.3) is 0 Å². The number of rotatable bonds is 4. The van der Waals surface area contributed by atoms with Crippen LogP contribution in [-0.4, -0.2) is 60.8 Å². The van der Waals surface area contributed by atoms with Gasteiger partial charge in [0, 0.05) is 45.3 Å². The minimum atomic E-state index is 0.476. The quantitative estimate of drug-likeness (QED) is 0.893.